The van der Waals surface area contributed by atoms with Crippen LogP contribution in [0, 0.1) is 27.7 Å². The largest absolute Gasteiger partial charge is 0.332 e. The molecular formula is C22H28N6S. The molecule has 4 rings (SSSR count). The Morgan fingerprint density at radius 3 is 2.45 bits per heavy atom. The van der Waals surface area contributed by atoms with Gasteiger partial charge in [0.1, 0.15) is 0 Å². The number of nitrogens with one attached hydrogen (secondary N) is 2. The Morgan fingerprint density at radius 1 is 1.00 bits per heavy atom. The van der Waals surface area contributed by atoms with E-state index in [2.05, 4.69) is 57.5 Å². The van der Waals surface area contributed by atoms with Crippen molar-refractivity contribution in [1.82, 2.24) is 14.9 Å². The minimum atomic E-state index is 0.261. The van der Waals surface area contributed by atoms with Gasteiger partial charge < -0.3 is 5.32 Å². The van der Waals surface area contributed by atoms with Gasteiger partial charge in [0.05, 0.1) is 12.1 Å². The Kier molecular flexibility index (Phi) is 5.50. The summed E-state index contributed by atoms with van der Waals surface area (Å²) in [5.74, 6) is 1.31. The van der Waals surface area contributed by atoms with Gasteiger partial charge in [-0.15, -0.1) is 0 Å². The van der Waals surface area contributed by atoms with Gasteiger partial charge in [0, 0.05) is 17.1 Å². The Hall–Kier alpha value is -2.54. The summed E-state index contributed by atoms with van der Waals surface area (Å²) in [6.07, 6.45) is 4.59. The summed E-state index contributed by atoms with van der Waals surface area (Å²) in [7, 11) is 0. The van der Waals surface area contributed by atoms with Crippen LogP contribution in [-0.4, -0.2) is 38.0 Å². The number of anilines is 2. The van der Waals surface area contributed by atoms with Crippen LogP contribution in [0.3, 0.4) is 0 Å². The van der Waals surface area contributed by atoms with Crippen molar-refractivity contribution >= 4 is 34.9 Å². The van der Waals surface area contributed by atoms with Crippen LogP contribution < -0.4 is 10.6 Å². The molecule has 6 nitrogen and oxygen atoms in total. The maximum atomic E-state index is 5.84. The SMILES string of the molecule is Cc1cc(C)nc(NC2=N[C@H]3CCCC[C@H]3N2C(=S)Nc2ccc(C)c(C)c2)n1. The van der Waals surface area contributed by atoms with Crippen molar-refractivity contribution in [3.63, 3.8) is 0 Å². The van der Waals surface area contributed by atoms with Gasteiger partial charge in [-0.2, -0.15) is 0 Å². The highest BCUT2D eigenvalue weighted by atomic mass is 32.1. The van der Waals surface area contributed by atoms with Crippen LogP contribution >= 0.6 is 12.2 Å². The van der Waals surface area contributed by atoms with Crippen molar-refractivity contribution in [1.29, 1.82) is 0 Å². The zero-order valence-corrected chi connectivity index (χ0v) is 18.3. The Balaban J connectivity index is 1.59. The van der Waals surface area contributed by atoms with Gasteiger partial charge in [-0.25, -0.2) is 15.0 Å². The zero-order chi connectivity index (χ0) is 20.5. The van der Waals surface area contributed by atoms with Crippen molar-refractivity contribution in [2.24, 2.45) is 4.99 Å². The second-order valence-corrected chi connectivity index (χ2v) is 8.46. The van der Waals surface area contributed by atoms with Crippen molar-refractivity contribution in [3.8, 4) is 0 Å². The molecule has 0 amide bonds. The van der Waals surface area contributed by atoms with E-state index in [0.29, 0.717) is 11.1 Å². The van der Waals surface area contributed by atoms with E-state index in [1.807, 2.05) is 19.9 Å². The van der Waals surface area contributed by atoms with Gasteiger partial charge in [-0.1, -0.05) is 18.9 Å². The highest BCUT2D eigenvalue weighted by molar-refractivity contribution is 7.80. The van der Waals surface area contributed by atoms with Gasteiger partial charge in [-0.3, -0.25) is 10.2 Å². The van der Waals surface area contributed by atoms with E-state index in [0.717, 1.165) is 35.9 Å². The number of benzene rings is 1. The Labute approximate surface area is 177 Å². The molecule has 1 aromatic carbocycles. The molecular weight excluding hydrogens is 380 g/mol. The van der Waals surface area contributed by atoms with Gasteiger partial charge in [-0.05, 0) is 82.1 Å². The fraction of sp³-hybridized carbons (Fsp3) is 0.455. The fourth-order valence-corrected chi connectivity index (χ4v) is 4.48. The molecule has 2 aliphatic rings. The standard InChI is InChI=1S/C22H28N6S/c1-13-9-10-17(11-14(13)2)25-22(29)28-19-8-6-5-7-18(19)26-21(28)27-20-23-15(3)12-16(4)24-20/h9-12,18-19H,5-8H2,1-4H3,(H,25,29)(H,23,24,26,27)/t18-,19+/m0/s1. The first-order chi connectivity index (χ1) is 13.9. The van der Waals surface area contributed by atoms with Crippen molar-refractivity contribution in [3.05, 3.63) is 46.8 Å². The molecule has 1 aromatic heterocycles. The first-order valence-corrected chi connectivity index (χ1v) is 10.7. The topological polar surface area (TPSA) is 65.4 Å². The quantitative estimate of drug-likeness (QED) is 0.713. The van der Waals surface area contributed by atoms with E-state index in [9.17, 15) is 0 Å². The van der Waals surface area contributed by atoms with E-state index < -0.39 is 0 Å². The molecule has 29 heavy (non-hydrogen) atoms. The first kappa shape index (κ1) is 19.8. The van der Waals surface area contributed by atoms with Crippen LogP contribution in [0.1, 0.15) is 48.2 Å². The molecule has 0 bridgehead atoms. The second kappa shape index (κ2) is 8.06. The summed E-state index contributed by atoms with van der Waals surface area (Å²) >= 11 is 5.84. The maximum absolute atomic E-state index is 5.84. The molecule has 2 atom stereocenters. The molecule has 2 N–H and O–H groups in total. The Bertz CT molecular complexity index is 950. The maximum Gasteiger partial charge on any atom is 0.229 e. The number of thiocarbonyl (C=S) groups is 1. The molecule has 0 radical (unpaired) electrons. The van der Waals surface area contributed by atoms with E-state index in [4.69, 9.17) is 17.2 Å². The number of guanidine groups is 1. The lowest BCUT2D eigenvalue weighted by molar-refractivity contribution is 0.313. The number of aliphatic imine (C=N–C) groups is 1. The number of aromatic nitrogens is 2. The zero-order valence-electron chi connectivity index (χ0n) is 17.5. The average molecular weight is 409 g/mol. The molecule has 1 fully saturated rings. The third-order valence-corrected chi connectivity index (χ3v) is 6.02. The molecule has 2 heterocycles. The number of hydrogen-bond donors (Lipinski definition) is 2. The lowest BCUT2D eigenvalue weighted by Crippen LogP contribution is -2.49. The molecule has 0 unspecified atom stereocenters. The van der Waals surface area contributed by atoms with Crippen LogP contribution in [-0.2, 0) is 0 Å². The van der Waals surface area contributed by atoms with Crippen LogP contribution in [0.2, 0.25) is 0 Å². The van der Waals surface area contributed by atoms with Crippen LogP contribution in [0.15, 0.2) is 29.3 Å². The second-order valence-electron chi connectivity index (χ2n) is 8.07. The lowest BCUT2D eigenvalue weighted by Gasteiger charge is -2.33. The average Bonchev–Trinajstić information content (AvgIpc) is 3.01. The molecule has 2 aromatic rings. The van der Waals surface area contributed by atoms with E-state index >= 15 is 0 Å². The van der Waals surface area contributed by atoms with Crippen LogP contribution in [0.25, 0.3) is 0 Å². The normalized spacial score (nSPS) is 20.8. The van der Waals surface area contributed by atoms with E-state index in [-0.39, 0.29) is 12.1 Å². The highest BCUT2D eigenvalue weighted by Crippen LogP contribution is 2.32. The lowest BCUT2D eigenvalue weighted by atomic mass is 9.91. The predicted octanol–water partition coefficient (Wildman–Crippen LogP) is 4.50. The molecule has 1 aliphatic heterocycles. The number of hydrogen-bond acceptors (Lipinski definition) is 5. The summed E-state index contributed by atoms with van der Waals surface area (Å²) in [5.41, 5.74) is 5.37. The van der Waals surface area contributed by atoms with Crippen molar-refractivity contribution < 1.29 is 0 Å². The van der Waals surface area contributed by atoms with Crippen molar-refractivity contribution in [2.45, 2.75) is 65.5 Å². The number of aryl methyl sites for hydroxylation is 4. The number of rotatable bonds is 2. The minimum absolute atomic E-state index is 0.261. The molecule has 0 saturated heterocycles. The van der Waals surface area contributed by atoms with Crippen molar-refractivity contribution in [2.75, 3.05) is 10.6 Å². The highest BCUT2D eigenvalue weighted by Gasteiger charge is 2.40. The molecule has 1 saturated carbocycles. The molecule has 152 valence electrons. The van der Waals surface area contributed by atoms with Gasteiger partial charge in [0.2, 0.25) is 11.9 Å². The van der Waals surface area contributed by atoms with Crippen LogP contribution in [0.4, 0.5) is 11.6 Å². The van der Waals surface area contributed by atoms with Gasteiger partial charge in [0.25, 0.3) is 0 Å². The minimum Gasteiger partial charge on any atom is -0.332 e. The van der Waals surface area contributed by atoms with Gasteiger partial charge >= 0.3 is 0 Å². The van der Waals surface area contributed by atoms with E-state index in [1.165, 1.54) is 24.0 Å². The number of fused-ring (bicyclic) bond motifs is 1. The summed E-state index contributed by atoms with van der Waals surface area (Å²) in [5, 5.41) is 7.43. The third kappa shape index (κ3) is 4.24. The summed E-state index contributed by atoms with van der Waals surface area (Å²) in [6, 6.07) is 8.82. The smallest absolute Gasteiger partial charge is 0.229 e. The van der Waals surface area contributed by atoms with Crippen LogP contribution in [0.5, 0.6) is 0 Å². The summed E-state index contributed by atoms with van der Waals surface area (Å²) in [4.78, 5) is 16.1. The predicted molar refractivity (Wildman–Crippen MR) is 123 cm³/mol. The molecule has 1 aliphatic carbocycles. The first-order valence-electron chi connectivity index (χ1n) is 10.3. The van der Waals surface area contributed by atoms with Gasteiger partial charge in [0.15, 0.2) is 5.11 Å². The summed E-state index contributed by atoms with van der Waals surface area (Å²) in [6.45, 7) is 8.17. The molecule has 0 spiro atoms. The van der Waals surface area contributed by atoms with E-state index in [1.54, 1.807) is 0 Å². The monoisotopic (exact) mass is 408 g/mol. The third-order valence-electron chi connectivity index (χ3n) is 5.72. The molecule has 7 heteroatoms. The fourth-order valence-electron chi connectivity index (χ4n) is 4.14. The number of nitrogens with zero attached hydrogens (tertiary/aromatic N) is 4. The summed E-state index contributed by atoms with van der Waals surface area (Å²) < 4.78 is 0. The Morgan fingerprint density at radius 2 is 1.72 bits per heavy atom.